The molecule has 0 saturated heterocycles. The molecule has 3 unspecified atom stereocenters. The Morgan fingerprint density at radius 2 is 1.49 bits per heavy atom. The molecule has 0 heterocycles. The van der Waals surface area contributed by atoms with E-state index in [1.165, 1.54) is 11.0 Å². The molecule has 0 fully saturated rings. The van der Waals surface area contributed by atoms with E-state index in [-0.39, 0.29) is 18.9 Å². The van der Waals surface area contributed by atoms with E-state index in [1.54, 1.807) is 79.7 Å². The Balaban J connectivity index is 2.63. The van der Waals surface area contributed by atoms with Gasteiger partial charge in [0.2, 0.25) is 11.8 Å². The molecule has 242 valence electrons. The monoisotopic (exact) mass is 617 g/mol. The molecule has 3 amide bonds. The van der Waals surface area contributed by atoms with E-state index >= 15 is 0 Å². The Hall–Kier alpha value is -4.58. The van der Waals surface area contributed by atoms with Crippen LogP contribution in [0.2, 0.25) is 0 Å². The van der Waals surface area contributed by atoms with Crippen LogP contribution in [0.1, 0.15) is 78.1 Å². The number of rotatable bonds is 12. The van der Waals surface area contributed by atoms with Gasteiger partial charge in [-0.1, -0.05) is 74.4 Å². The molecule has 2 N–H and O–H groups in total. The predicted octanol–water partition coefficient (Wildman–Crippen LogP) is 5.34. The first-order valence-corrected chi connectivity index (χ1v) is 15.0. The zero-order valence-electron chi connectivity index (χ0n) is 27.7. The maximum atomic E-state index is 14.4. The summed E-state index contributed by atoms with van der Waals surface area (Å²) in [7, 11) is 0. The number of hydrogen-bond acceptors (Lipinski definition) is 6. The van der Waals surface area contributed by atoms with Gasteiger partial charge in [0, 0.05) is 18.5 Å². The highest BCUT2D eigenvalue weighted by Crippen LogP contribution is 2.27. The van der Waals surface area contributed by atoms with Gasteiger partial charge < -0.3 is 25.0 Å². The fourth-order valence-electron chi connectivity index (χ4n) is 4.57. The summed E-state index contributed by atoms with van der Waals surface area (Å²) < 4.78 is 11.1. The third kappa shape index (κ3) is 11.5. The van der Waals surface area contributed by atoms with Gasteiger partial charge >= 0.3 is 12.1 Å². The van der Waals surface area contributed by atoms with Gasteiger partial charge in [0.15, 0.2) is 0 Å². The summed E-state index contributed by atoms with van der Waals surface area (Å²) in [5, 5.41) is 5.52. The molecular weight excluding hydrogens is 570 g/mol. The van der Waals surface area contributed by atoms with Crippen molar-refractivity contribution in [3.8, 4) is 12.3 Å². The quantitative estimate of drug-likeness (QED) is 0.189. The summed E-state index contributed by atoms with van der Waals surface area (Å²) in [5.41, 5.74) is -0.0455. The molecule has 2 aromatic rings. The van der Waals surface area contributed by atoms with Gasteiger partial charge in [-0.25, -0.2) is 9.59 Å². The highest BCUT2D eigenvalue weighted by atomic mass is 16.6. The Labute approximate surface area is 267 Å². The third-order valence-electron chi connectivity index (χ3n) is 6.48. The number of alkyl carbamates (subject to hydrolysis) is 1. The standard InChI is InChI=1S/C36H47N3O6/c1-11-22-39(32(41)29(24(3)4)38-34(43)45-36(8,9)10)30(27-21-17-16-20-26(27)12-2)31(40)37-28(33(42)44-35(5,6)7)23-25-18-14-13-15-19-25/h2,11,13-21,24,28-30H,1,22-23H2,3-10H3,(H,37,40)(H,38,43). The second kappa shape index (κ2) is 15.9. The van der Waals surface area contributed by atoms with Crippen LogP contribution in [0, 0.1) is 18.3 Å². The van der Waals surface area contributed by atoms with Crippen LogP contribution in [0.3, 0.4) is 0 Å². The molecule has 0 aliphatic carbocycles. The van der Waals surface area contributed by atoms with Gasteiger partial charge in [-0.15, -0.1) is 13.0 Å². The average Bonchev–Trinajstić information content (AvgIpc) is 2.93. The first-order chi connectivity index (χ1) is 21.0. The maximum absolute atomic E-state index is 14.4. The van der Waals surface area contributed by atoms with E-state index in [1.807, 2.05) is 30.3 Å². The SMILES string of the molecule is C#Cc1ccccc1C(C(=O)NC(Cc1ccccc1)C(=O)OC(C)(C)C)N(CC=C)C(=O)C(NC(=O)OC(C)(C)C)C(C)C. The number of carbonyl (C=O) groups excluding carboxylic acids is 4. The number of benzene rings is 2. The molecule has 2 aromatic carbocycles. The number of nitrogens with zero attached hydrogens (tertiary/aromatic N) is 1. The lowest BCUT2D eigenvalue weighted by atomic mass is 9.95. The first-order valence-electron chi connectivity index (χ1n) is 15.0. The van der Waals surface area contributed by atoms with E-state index in [0.29, 0.717) is 11.1 Å². The van der Waals surface area contributed by atoms with Crippen molar-refractivity contribution in [3.63, 3.8) is 0 Å². The van der Waals surface area contributed by atoms with E-state index in [9.17, 15) is 19.2 Å². The minimum absolute atomic E-state index is 0.0646. The molecule has 0 aliphatic rings. The van der Waals surface area contributed by atoms with Gasteiger partial charge in [-0.2, -0.15) is 0 Å². The van der Waals surface area contributed by atoms with E-state index in [0.717, 1.165) is 5.56 Å². The van der Waals surface area contributed by atoms with Crippen molar-refractivity contribution in [3.05, 3.63) is 83.9 Å². The first kappa shape index (κ1) is 36.6. The van der Waals surface area contributed by atoms with Crippen molar-refractivity contribution in [1.29, 1.82) is 0 Å². The van der Waals surface area contributed by atoms with Crippen LogP contribution in [0.25, 0.3) is 0 Å². The predicted molar refractivity (Wildman–Crippen MR) is 175 cm³/mol. The van der Waals surface area contributed by atoms with Crippen molar-refractivity contribution >= 4 is 23.9 Å². The number of nitrogens with one attached hydrogen (secondary N) is 2. The van der Waals surface area contributed by atoms with Crippen LogP contribution in [-0.2, 0) is 30.3 Å². The number of ether oxygens (including phenoxy) is 2. The van der Waals surface area contributed by atoms with Gasteiger partial charge in [0.25, 0.3) is 0 Å². The number of hydrogen-bond donors (Lipinski definition) is 2. The molecule has 0 aliphatic heterocycles. The van der Waals surface area contributed by atoms with Crippen LogP contribution >= 0.6 is 0 Å². The van der Waals surface area contributed by atoms with Crippen molar-refractivity contribution in [2.75, 3.05) is 6.54 Å². The molecule has 9 nitrogen and oxygen atoms in total. The van der Waals surface area contributed by atoms with Crippen LogP contribution in [0.15, 0.2) is 67.3 Å². The van der Waals surface area contributed by atoms with Crippen LogP contribution in [0.5, 0.6) is 0 Å². The minimum Gasteiger partial charge on any atom is -0.458 e. The van der Waals surface area contributed by atoms with Gasteiger partial charge in [0.05, 0.1) is 0 Å². The largest absolute Gasteiger partial charge is 0.458 e. The van der Waals surface area contributed by atoms with Gasteiger partial charge in [-0.05, 0) is 64.7 Å². The Bertz CT molecular complexity index is 1380. The lowest BCUT2D eigenvalue weighted by Crippen LogP contribution is -2.56. The van der Waals surface area contributed by atoms with Crippen LogP contribution < -0.4 is 10.6 Å². The van der Waals surface area contributed by atoms with Gasteiger partial charge in [0.1, 0.15) is 29.3 Å². The summed E-state index contributed by atoms with van der Waals surface area (Å²) >= 11 is 0. The van der Waals surface area contributed by atoms with E-state index < -0.39 is 53.2 Å². The topological polar surface area (TPSA) is 114 Å². The molecule has 0 radical (unpaired) electrons. The molecule has 9 heteroatoms. The fourth-order valence-corrected chi connectivity index (χ4v) is 4.57. The smallest absolute Gasteiger partial charge is 0.408 e. The highest BCUT2D eigenvalue weighted by molar-refractivity contribution is 5.94. The van der Waals surface area contributed by atoms with Crippen molar-refractivity contribution in [2.24, 2.45) is 5.92 Å². The molecule has 0 bridgehead atoms. The normalized spacial score (nSPS) is 13.4. The van der Waals surface area contributed by atoms with Crippen molar-refractivity contribution in [1.82, 2.24) is 15.5 Å². The van der Waals surface area contributed by atoms with E-state index in [2.05, 4.69) is 23.1 Å². The van der Waals surface area contributed by atoms with Crippen LogP contribution in [-0.4, -0.2) is 58.6 Å². The molecule has 0 aromatic heterocycles. The minimum atomic E-state index is -1.29. The number of esters is 1. The Morgan fingerprint density at radius 1 is 0.911 bits per heavy atom. The lowest BCUT2D eigenvalue weighted by molar-refractivity contribution is -0.159. The van der Waals surface area contributed by atoms with Crippen LogP contribution in [0.4, 0.5) is 4.79 Å². The summed E-state index contributed by atoms with van der Waals surface area (Å²) in [5.74, 6) is 0.383. The Kier molecular flexibility index (Phi) is 13.0. The van der Waals surface area contributed by atoms with Crippen molar-refractivity contribution in [2.45, 2.75) is 91.1 Å². The second-order valence-electron chi connectivity index (χ2n) is 13.1. The molecule has 3 atom stereocenters. The van der Waals surface area contributed by atoms with E-state index in [4.69, 9.17) is 15.9 Å². The second-order valence-corrected chi connectivity index (χ2v) is 13.1. The van der Waals surface area contributed by atoms with Crippen molar-refractivity contribution < 1.29 is 28.7 Å². The number of carbonyl (C=O) groups is 4. The fraction of sp³-hybridized carbons (Fsp3) is 0.444. The summed E-state index contributed by atoms with van der Waals surface area (Å²) in [6, 6.07) is 12.6. The highest BCUT2D eigenvalue weighted by Gasteiger charge is 2.39. The number of amides is 3. The third-order valence-corrected chi connectivity index (χ3v) is 6.48. The van der Waals surface area contributed by atoms with Gasteiger partial charge in [-0.3, -0.25) is 9.59 Å². The lowest BCUT2D eigenvalue weighted by Gasteiger charge is -2.36. The summed E-state index contributed by atoms with van der Waals surface area (Å²) in [4.78, 5) is 56.1. The molecule has 45 heavy (non-hydrogen) atoms. The molecule has 0 spiro atoms. The average molecular weight is 618 g/mol. The Morgan fingerprint density at radius 3 is 2.02 bits per heavy atom. The zero-order valence-corrected chi connectivity index (χ0v) is 27.7. The molecule has 0 saturated carbocycles. The molecule has 2 rings (SSSR count). The summed E-state index contributed by atoms with van der Waals surface area (Å²) in [6.07, 6.45) is 6.70. The summed E-state index contributed by atoms with van der Waals surface area (Å²) in [6.45, 7) is 17.7. The maximum Gasteiger partial charge on any atom is 0.408 e. The zero-order chi connectivity index (χ0) is 33.9. The molecular formula is C36H47N3O6. The number of terminal acetylenes is 1.